The summed E-state index contributed by atoms with van der Waals surface area (Å²) in [6.07, 6.45) is 1.51. The number of benzene rings is 2. The minimum atomic E-state index is -3.65. The maximum atomic E-state index is 13.1. The second kappa shape index (κ2) is 6.33. The Morgan fingerprint density at radius 3 is 2.48 bits per heavy atom. The number of imidazole rings is 1. The molecular weight excluding hydrogens is 364 g/mol. The predicted octanol–water partition coefficient (Wildman–Crippen LogP) is 2.28. The first-order chi connectivity index (χ1) is 12.9. The maximum absolute atomic E-state index is 13.1. The molecule has 8 heteroatoms. The third kappa shape index (κ3) is 2.73. The van der Waals surface area contributed by atoms with Gasteiger partial charge in [0.15, 0.2) is 5.69 Å². The Labute approximate surface area is 157 Å². The summed E-state index contributed by atoms with van der Waals surface area (Å²) >= 11 is 0. The van der Waals surface area contributed by atoms with Crippen LogP contribution in [0.1, 0.15) is 16.2 Å². The summed E-state index contributed by atoms with van der Waals surface area (Å²) in [5, 5.41) is 0. The lowest BCUT2D eigenvalue weighted by Gasteiger charge is -2.18. The smallest absolute Gasteiger partial charge is 0.278 e. The van der Waals surface area contributed by atoms with E-state index in [0.29, 0.717) is 11.4 Å². The molecule has 27 heavy (non-hydrogen) atoms. The minimum absolute atomic E-state index is 0.0563. The maximum Gasteiger partial charge on any atom is 0.278 e. The van der Waals surface area contributed by atoms with Gasteiger partial charge in [-0.3, -0.25) is 9.36 Å². The van der Waals surface area contributed by atoms with Crippen LogP contribution in [0.15, 0.2) is 65.8 Å². The van der Waals surface area contributed by atoms with Gasteiger partial charge in [-0.2, -0.15) is 4.31 Å². The normalized spacial score (nSPS) is 15.5. The first-order valence-electron chi connectivity index (χ1n) is 8.36. The number of nitrogens with zero attached hydrogens (tertiary/aromatic N) is 4. The average molecular weight is 382 g/mol. The second-order valence-electron chi connectivity index (χ2n) is 6.34. The Morgan fingerprint density at radius 2 is 1.74 bits per heavy atom. The van der Waals surface area contributed by atoms with E-state index in [-0.39, 0.29) is 23.0 Å². The highest BCUT2D eigenvalue weighted by atomic mass is 32.2. The van der Waals surface area contributed by atoms with Gasteiger partial charge in [0.25, 0.3) is 5.91 Å². The highest BCUT2D eigenvalue weighted by Gasteiger charge is 2.33. The minimum Gasteiger partial charge on any atom is -0.310 e. The van der Waals surface area contributed by atoms with Crippen molar-refractivity contribution < 1.29 is 13.2 Å². The van der Waals surface area contributed by atoms with Crippen molar-refractivity contribution in [1.29, 1.82) is 0 Å². The fraction of sp³-hybridized carbons (Fsp3) is 0.158. The molecule has 0 unspecified atom stereocenters. The lowest BCUT2D eigenvalue weighted by atomic mass is 10.2. The van der Waals surface area contributed by atoms with E-state index in [1.807, 2.05) is 30.3 Å². The number of fused-ring (bicyclic) bond motifs is 3. The number of sulfonamides is 1. The molecule has 1 aliphatic heterocycles. The molecule has 3 aromatic rings. The number of rotatable bonds is 2. The van der Waals surface area contributed by atoms with Crippen LogP contribution in [-0.2, 0) is 16.6 Å². The largest absolute Gasteiger partial charge is 0.310 e. The van der Waals surface area contributed by atoms with E-state index in [0.717, 1.165) is 5.69 Å². The molecule has 0 fully saturated rings. The molecule has 4 rings (SSSR count). The Kier molecular flexibility index (Phi) is 4.09. The van der Waals surface area contributed by atoms with Crippen LogP contribution in [0.4, 0.5) is 5.69 Å². The van der Waals surface area contributed by atoms with Crippen LogP contribution in [0.25, 0.3) is 5.69 Å². The fourth-order valence-electron chi connectivity index (χ4n) is 3.18. The number of carbonyl (C=O) groups is 1. The number of hydrogen-bond donors (Lipinski definition) is 0. The zero-order chi connectivity index (χ0) is 19.2. The highest BCUT2D eigenvalue weighted by molar-refractivity contribution is 7.89. The Bertz CT molecular complexity index is 1120. The van der Waals surface area contributed by atoms with Crippen molar-refractivity contribution in [3.63, 3.8) is 0 Å². The topological polar surface area (TPSA) is 75.5 Å². The SMILES string of the molecule is CN(C(=O)c1ncn2c1CN(C)S(=O)(=O)c1ccccc1-2)c1ccccc1. The first-order valence-corrected chi connectivity index (χ1v) is 9.80. The zero-order valence-electron chi connectivity index (χ0n) is 14.9. The molecule has 1 aliphatic rings. The molecule has 0 spiro atoms. The van der Waals surface area contributed by atoms with E-state index in [1.165, 1.54) is 22.6 Å². The van der Waals surface area contributed by atoms with E-state index in [2.05, 4.69) is 4.98 Å². The Balaban J connectivity index is 1.84. The van der Waals surface area contributed by atoms with E-state index in [9.17, 15) is 13.2 Å². The van der Waals surface area contributed by atoms with E-state index in [4.69, 9.17) is 0 Å². The van der Waals surface area contributed by atoms with Gasteiger partial charge in [0, 0.05) is 19.8 Å². The zero-order valence-corrected chi connectivity index (χ0v) is 15.7. The standard InChI is InChI=1S/C19H18N4O3S/c1-21-12-16-18(19(24)22(2)14-8-4-3-5-9-14)20-13-23(16)15-10-6-7-11-17(15)27(21,25)26/h3-11,13H,12H2,1-2H3. The summed E-state index contributed by atoms with van der Waals surface area (Å²) in [4.78, 5) is 19.1. The lowest BCUT2D eigenvalue weighted by Crippen LogP contribution is -2.30. The molecule has 0 atom stereocenters. The van der Waals surface area contributed by atoms with Crippen molar-refractivity contribution in [1.82, 2.24) is 13.9 Å². The molecule has 1 amide bonds. The third-order valence-electron chi connectivity index (χ3n) is 4.70. The van der Waals surface area contributed by atoms with Crippen molar-refractivity contribution in [2.24, 2.45) is 0 Å². The van der Waals surface area contributed by atoms with Crippen LogP contribution in [0, 0.1) is 0 Å². The summed E-state index contributed by atoms with van der Waals surface area (Å²) in [6.45, 7) is 0.0563. The van der Waals surface area contributed by atoms with Gasteiger partial charge in [0.05, 0.1) is 17.9 Å². The second-order valence-corrected chi connectivity index (χ2v) is 8.35. The molecule has 138 valence electrons. The average Bonchev–Trinajstić information content (AvgIpc) is 3.07. The van der Waals surface area contributed by atoms with Gasteiger partial charge in [-0.15, -0.1) is 0 Å². The number of aromatic nitrogens is 2. The molecule has 0 bridgehead atoms. The van der Waals surface area contributed by atoms with Crippen molar-refractivity contribution in [2.45, 2.75) is 11.4 Å². The molecule has 0 saturated carbocycles. The van der Waals surface area contributed by atoms with Crippen molar-refractivity contribution in [2.75, 3.05) is 19.0 Å². The van der Waals surface area contributed by atoms with Gasteiger partial charge < -0.3 is 4.90 Å². The molecular formula is C19H18N4O3S. The Hall–Kier alpha value is -2.97. The fourth-order valence-corrected chi connectivity index (χ4v) is 4.49. The van der Waals surface area contributed by atoms with Gasteiger partial charge in [-0.05, 0) is 24.3 Å². The summed E-state index contributed by atoms with van der Waals surface area (Å²) in [6, 6.07) is 16.0. The van der Waals surface area contributed by atoms with Crippen LogP contribution < -0.4 is 4.90 Å². The van der Waals surface area contributed by atoms with Crippen LogP contribution in [-0.4, -0.2) is 42.3 Å². The molecule has 0 aliphatic carbocycles. The third-order valence-corrected chi connectivity index (χ3v) is 6.55. The summed E-state index contributed by atoms with van der Waals surface area (Å²) < 4.78 is 28.6. The predicted molar refractivity (Wildman–Crippen MR) is 101 cm³/mol. The van der Waals surface area contributed by atoms with E-state index < -0.39 is 10.0 Å². The van der Waals surface area contributed by atoms with Crippen LogP contribution in [0.3, 0.4) is 0 Å². The van der Waals surface area contributed by atoms with Crippen LogP contribution in [0.2, 0.25) is 0 Å². The number of amides is 1. The van der Waals surface area contributed by atoms with Gasteiger partial charge in [0.2, 0.25) is 10.0 Å². The number of para-hydroxylation sites is 2. The number of anilines is 1. The number of hydrogen-bond acceptors (Lipinski definition) is 4. The molecule has 2 heterocycles. The monoisotopic (exact) mass is 382 g/mol. The highest BCUT2D eigenvalue weighted by Crippen LogP contribution is 2.30. The van der Waals surface area contributed by atoms with Crippen LogP contribution >= 0.6 is 0 Å². The van der Waals surface area contributed by atoms with Gasteiger partial charge in [0.1, 0.15) is 11.2 Å². The van der Waals surface area contributed by atoms with Gasteiger partial charge in [-0.1, -0.05) is 30.3 Å². The quantitative estimate of drug-likeness (QED) is 0.681. The van der Waals surface area contributed by atoms with Gasteiger partial charge >= 0.3 is 0 Å². The van der Waals surface area contributed by atoms with Crippen molar-refractivity contribution in [3.8, 4) is 5.69 Å². The summed E-state index contributed by atoms with van der Waals surface area (Å²) in [7, 11) is -0.471. The number of carbonyl (C=O) groups excluding carboxylic acids is 1. The molecule has 0 radical (unpaired) electrons. The van der Waals surface area contributed by atoms with Crippen molar-refractivity contribution >= 4 is 21.6 Å². The van der Waals surface area contributed by atoms with Crippen molar-refractivity contribution in [3.05, 3.63) is 72.3 Å². The lowest BCUT2D eigenvalue weighted by molar-refractivity contribution is 0.0987. The molecule has 2 aromatic carbocycles. The summed E-state index contributed by atoms with van der Waals surface area (Å²) in [5.41, 5.74) is 2.00. The molecule has 0 N–H and O–H groups in total. The molecule has 7 nitrogen and oxygen atoms in total. The Morgan fingerprint density at radius 1 is 1.07 bits per heavy atom. The first kappa shape index (κ1) is 17.4. The van der Waals surface area contributed by atoms with E-state index >= 15 is 0 Å². The molecule has 0 saturated heterocycles. The summed E-state index contributed by atoms with van der Waals surface area (Å²) in [5.74, 6) is -0.292. The van der Waals surface area contributed by atoms with Gasteiger partial charge in [-0.25, -0.2) is 13.4 Å². The van der Waals surface area contributed by atoms with E-state index in [1.54, 1.807) is 35.9 Å². The van der Waals surface area contributed by atoms with Crippen LogP contribution in [0.5, 0.6) is 0 Å². The molecule has 1 aromatic heterocycles.